The Morgan fingerprint density at radius 3 is 2.90 bits per heavy atom. The summed E-state index contributed by atoms with van der Waals surface area (Å²) in [5.41, 5.74) is 1.51. The molecule has 1 aliphatic heterocycles. The molecule has 0 spiro atoms. The highest BCUT2D eigenvalue weighted by Crippen LogP contribution is 2.32. The Labute approximate surface area is 177 Å². The molecule has 4 rings (SSSR count). The standard InChI is InChI=1S/C19H23N5O3S2/c1-3-27-14-4-5-15-16(12-14)28-19(20-15)24(7-6-23-8-10-26-11-9-23)18(25)17-13(2)21-22-29-17/h4-5,12H,3,6-11H2,1-2H3. The average Bonchev–Trinajstić information content (AvgIpc) is 3.34. The SMILES string of the molecule is CCOc1ccc2nc(N(CCN3CCOCC3)C(=O)c3snnc3C)sc2c1. The number of rotatable bonds is 7. The van der Waals surface area contributed by atoms with Crippen molar-refractivity contribution in [2.45, 2.75) is 13.8 Å². The molecule has 0 aliphatic carbocycles. The van der Waals surface area contributed by atoms with Gasteiger partial charge in [-0.15, -0.1) is 5.10 Å². The smallest absolute Gasteiger partial charge is 0.273 e. The van der Waals surface area contributed by atoms with E-state index in [4.69, 9.17) is 14.5 Å². The zero-order valence-corrected chi connectivity index (χ0v) is 18.1. The number of anilines is 1. The molecular weight excluding hydrogens is 410 g/mol. The number of aromatic nitrogens is 3. The molecule has 1 fully saturated rings. The highest BCUT2D eigenvalue weighted by Gasteiger charge is 2.26. The summed E-state index contributed by atoms with van der Waals surface area (Å²) in [5.74, 6) is 0.707. The van der Waals surface area contributed by atoms with Crippen LogP contribution in [0.3, 0.4) is 0 Å². The molecule has 1 saturated heterocycles. The van der Waals surface area contributed by atoms with E-state index in [1.165, 1.54) is 11.3 Å². The summed E-state index contributed by atoms with van der Waals surface area (Å²) in [5, 5.41) is 4.68. The fourth-order valence-electron chi connectivity index (χ4n) is 3.17. The second-order valence-electron chi connectivity index (χ2n) is 6.66. The lowest BCUT2D eigenvalue weighted by Crippen LogP contribution is -2.43. The van der Waals surface area contributed by atoms with E-state index in [1.807, 2.05) is 32.0 Å². The molecule has 1 amide bonds. The van der Waals surface area contributed by atoms with Crippen molar-refractivity contribution in [1.29, 1.82) is 0 Å². The van der Waals surface area contributed by atoms with E-state index in [-0.39, 0.29) is 5.91 Å². The molecule has 10 heteroatoms. The Hall–Kier alpha value is -2.14. The molecule has 3 heterocycles. The Morgan fingerprint density at radius 1 is 1.34 bits per heavy atom. The van der Waals surface area contributed by atoms with Gasteiger partial charge in [0.25, 0.3) is 5.91 Å². The topological polar surface area (TPSA) is 80.7 Å². The molecule has 3 aromatic rings. The van der Waals surface area contributed by atoms with Crippen molar-refractivity contribution in [3.63, 3.8) is 0 Å². The summed E-state index contributed by atoms with van der Waals surface area (Å²) in [6.45, 7) is 8.90. The zero-order valence-electron chi connectivity index (χ0n) is 16.5. The maximum atomic E-state index is 13.3. The normalized spacial score (nSPS) is 15.0. The number of benzene rings is 1. The largest absolute Gasteiger partial charge is 0.494 e. The predicted molar refractivity (Wildman–Crippen MR) is 114 cm³/mol. The molecule has 154 valence electrons. The predicted octanol–water partition coefficient (Wildman–Crippen LogP) is 2.83. The molecule has 0 radical (unpaired) electrons. The van der Waals surface area contributed by atoms with Crippen molar-refractivity contribution < 1.29 is 14.3 Å². The lowest BCUT2D eigenvalue weighted by Gasteiger charge is -2.29. The Kier molecular flexibility index (Phi) is 6.34. The third-order valence-corrected chi connectivity index (χ3v) is 6.58. The van der Waals surface area contributed by atoms with E-state index in [1.54, 1.807) is 4.90 Å². The van der Waals surface area contributed by atoms with Gasteiger partial charge in [0.15, 0.2) is 5.13 Å². The first kappa shape index (κ1) is 20.1. The molecule has 29 heavy (non-hydrogen) atoms. The number of amides is 1. The highest BCUT2D eigenvalue weighted by molar-refractivity contribution is 7.22. The van der Waals surface area contributed by atoms with E-state index < -0.39 is 0 Å². The first-order valence-electron chi connectivity index (χ1n) is 9.60. The number of ether oxygens (including phenoxy) is 2. The van der Waals surface area contributed by atoms with Gasteiger partial charge >= 0.3 is 0 Å². The quantitative estimate of drug-likeness (QED) is 0.567. The monoisotopic (exact) mass is 433 g/mol. The summed E-state index contributed by atoms with van der Waals surface area (Å²) in [7, 11) is 0. The fraction of sp³-hybridized carbons (Fsp3) is 0.474. The van der Waals surface area contributed by atoms with Crippen molar-refractivity contribution in [2.24, 2.45) is 0 Å². The number of morpholine rings is 1. The van der Waals surface area contributed by atoms with E-state index in [0.29, 0.717) is 28.9 Å². The first-order valence-corrected chi connectivity index (χ1v) is 11.2. The maximum absolute atomic E-state index is 13.3. The van der Waals surface area contributed by atoms with Gasteiger partial charge in [-0.3, -0.25) is 14.6 Å². The molecule has 1 aromatic carbocycles. The van der Waals surface area contributed by atoms with Crippen LogP contribution in [-0.4, -0.2) is 71.4 Å². The van der Waals surface area contributed by atoms with Gasteiger partial charge in [-0.1, -0.05) is 15.8 Å². The van der Waals surface area contributed by atoms with Gasteiger partial charge < -0.3 is 9.47 Å². The number of carbonyl (C=O) groups excluding carboxylic acids is 1. The molecule has 0 atom stereocenters. The van der Waals surface area contributed by atoms with Crippen molar-refractivity contribution >= 4 is 44.1 Å². The van der Waals surface area contributed by atoms with Crippen LogP contribution in [0.2, 0.25) is 0 Å². The van der Waals surface area contributed by atoms with Crippen LogP contribution in [0.25, 0.3) is 10.2 Å². The van der Waals surface area contributed by atoms with Gasteiger partial charge in [0.1, 0.15) is 10.6 Å². The van der Waals surface area contributed by atoms with Gasteiger partial charge in [0.2, 0.25) is 0 Å². The Bertz CT molecular complexity index is 983. The van der Waals surface area contributed by atoms with Crippen LogP contribution < -0.4 is 9.64 Å². The minimum atomic E-state index is -0.102. The fourth-order valence-corrected chi connectivity index (χ4v) is 4.79. The van der Waals surface area contributed by atoms with E-state index in [0.717, 1.165) is 60.3 Å². The average molecular weight is 434 g/mol. The van der Waals surface area contributed by atoms with E-state index >= 15 is 0 Å². The summed E-state index contributed by atoms with van der Waals surface area (Å²) < 4.78 is 15.9. The summed E-state index contributed by atoms with van der Waals surface area (Å²) in [6, 6.07) is 5.82. The van der Waals surface area contributed by atoms with Gasteiger partial charge in [0.05, 0.1) is 35.7 Å². The van der Waals surface area contributed by atoms with Crippen molar-refractivity contribution in [3.05, 3.63) is 28.8 Å². The van der Waals surface area contributed by atoms with Crippen LogP contribution in [0.1, 0.15) is 22.3 Å². The summed E-state index contributed by atoms with van der Waals surface area (Å²) in [6.07, 6.45) is 0. The van der Waals surface area contributed by atoms with Crippen molar-refractivity contribution in [2.75, 3.05) is 50.9 Å². The van der Waals surface area contributed by atoms with Crippen LogP contribution in [0.15, 0.2) is 18.2 Å². The lowest BCUT2D eigenvalue weighted by molar-refractivity contribution is 0.0391. The van der Waals surface area contributed by atoms with Crippen molar-refractivity contribution in [3.8, 4) is 5.75 Å². The van der Waals surface area contributed by atoms with E-state index in [9.17, 15) is 4.79 Å². The van der Waals surface area contributed by atoms with Crippen LogP contribution in [0.5, 0.6) is 5.75 Å². The summed E-state index contributed by atoms with van der Waals surface area (Å²) >= 11 is 2.63. The molecular formula is C19H23N5O3S2. The molecule has 0 saturated carbocycles. The number of hydrogen-bond donors (Lipinski definition) is 0. The molecule has 0 bridgehead atoms. The third-order valence-electron chi connectivity index (χ3n) is 4.72. The molecule has 0 N–H and O–H groups in total. The molecule has 8 nitrogen and oxygen atoms in total. The minimum absolute atomic E-state index is 0.102. The highest BCUT2D eigenvalue weighted by atomic mass is 32.1. The number of fused-ring (bicyclic) bond motifs is 1. The molecule has 1 aliphatic rings. The van der Waals surface area contributed by atoms with Gasteiger partial charge in [-0.2, -0.15) is 0 Å². The number of aryl methyl sites for hydroxylation is 1. The Balaban J connectivity index is 1.62. The maximum Gasteiger partial charge on any atom is 0.273 e. The van der Waals surface area contributed by atoms with Crippen LogP contribution in [-0.2, 0) is 4.74 Å². The zero-order chi connectivity index (χ0) is 20.2. The Morgan fingerprint density at radius 2 is 2.17 bits per heavy atom. The number of nitrogens with zero attached hydrogens (tertiary/aromatic N) is 5. The van der Waals surface area contributed by atoms with Crippen LogP contribution in [0, 0.1) is 6.92 Å². The third kappa shape index (κ3) is 4.55. The number of hydrogen-bond acceptors (Lipinski definition) is 9. The molecule has 2 aromatic heterocycles. The number of thiazole rings is 1. The first-order chi connectivity index (χ1) is 14.2. The van der Waals surface area contributed by atoms with Gasteiger partial charge in [0, 0.05) is 26.2 Å². The van der Waals surface area contributed by atoms with Crippen molar-refractivity contribution in [1.82, 2.24) is 19.5 Å². The van der Waals surface area contributed by atoms with Crippen LogP contribution in [0.4, 0.5) is 5.13 Å². The second kappa shape index (κ2) is 9.12. The van der Waals surface area contributed by atoms with Gasteiger partial charge in [-0.25, -0.2) is 4.98 Å². The van der Waals surface area contributed by atoms with Gasteiger partial charge in [-0.05, 0) is 43.6 Å². The minimum Gasteiger partial charge on any atom is -0.494 e. The van der Waals surface area contributed by atoms with Crippen LogP contribution >= 0.6 is 22.9 Å². The summed E-state index contributed by atoms with van der Waals surface area (Å²) in [4.78, 5) is 22.6. The molecule has 0 unspecified atom stereocenters. The second-order valence-corrected chi connectivity index (χ2v) is 8.42. The van der Waals surface area contributed by atoms with E-state index in [2.05, 4.69) is 14.5 Å². The number of carbonyl (C=O) groups is 1. The lowest BCUT2D eigenvalue weighted by atomic mass is 10.3.